The topological polar surface area (TPSA) is 12.0 Å². The second-order valence-corrected chi connectivity index (χ2v) is 2.59. The van der Waals surface area contributed by atoms with Crippen LogP contribution in [0.3, 0.4) is 0 Å². The Morgan fingerprint density at radius 1 is 1.58 bits per heavy atom. The summed E-state index contributed by atoms with van der Waals surface area (Å²) < 4.78 is 12.8. The summed E-state index contributed by atoms with van der Waals surface area (Å²) in [5, 5.41) is 2.94. The molecule has 1 nitrogen and oxygen atoms in total. The summed E-state index contributed by atoms with van der Waals surface area (Å²) in [6, 6.07) is 4.46. The molecule has 1 N–H and O–H groups in total. The molecule has 0 aliphatic rings. The maximum absolute atomic E-state index is 12.8. The third-order valence-electron chi connectivity index (χ3n) is 1.31. The van der Waals surface area contributed by atoms with Crippen molar-refractivity contribution in [3.05, 3.63) is 29.0 Å². The lowest BCUT2D eigenvalue weighted by Gasteiger charge is -2.02. The van der Waals surface area contributed by atoms with Crippen LogP contribution in [0.5, 0.6) is 0 Å². The van der Waals surface area contributed by atoms with Crippen molar-refractivity contribution in [2.24, 2.45) is 0 Å². The van der Waals surface area contributed by atoms with Crippen LogP contribution >= 0.6 is 11.6 Å². The Kier molecular flexibility index (Phi) is 2.95. The van der Waals surface area contributed by atoms with Crippen molar-refractivity contribution in [1.29, 1.82) is 0 Å². The average Bonchev–Trinajstić information content (AvgIpc) is 2.07. The Labute approximate surface area is 75.5 Å². The first-order chi connectivity index (χ1) is 5.74. The van der Waals surface area contributed by atoms with Gasteiger partial charge in [-0.3, -0.25) is 0 Å². The summed E-state index contributed by atoms with van der Waals surface area (Å²) in [4.78, 5) is 0. The lowest BCUT2D eigenvalue weighted by Crippen LogP contribution is -1.98. The fourth-order valence-corrected chi connectivity index (χ4v) is 0.877. The van der Waals surface area contributed by atoms with Gasteiger partial charge in [-0.1, -0.05) is 17.5 Å². The molecule has 0 atom stereocenters. The van der Waals surface area contributed by atoms with Crippen LogP contribution in [-0.4, -0.2) is 6.54 Å². The average molecular weight is 184 g/mol. The minimum Gasteiger partial charge on any atom is -0.374 e. The quantitative estimate of drug-likeness (QED) is 0.695. The second-order valence-electron chi connectivity index (χ2n) is 2.19. The highest BCUT2D eigenvalue weighted by Gasteiger charge is 1.98. The van der Waals surface area contributed by atoms with Gasteiger partial charge < -0.3 is 5.32 Å². The van der Waals surface area contributed by atoms with Crippen LogP contribution in [-0.2, 0) is 0 Å². The number of anilines is 1. The maximum atomic E-state index is 12.8. The molecule has 1 rings (SSSR count). The molecule has 12 heavy (non-hydrogen) atoms. The van der Waals surface area contributed by atoms with E-state index in [1.165, 1.54) is 12.1 Å². The Hall–Kier alpha value is -1.20. The van der Waals surface area contributed by atoms with Crippen LogP contribution < -0.4 is 5.32 Å². The van der Waals surface area contributed by atoms with Crippen molar-refractivity contribution in [3.8, 4) is 12.3 Å². The van der Waals surface area contributed by atoms with E-state index in [0.717, 1.165) is 0 Å². The van der Waals surface area contributed by atoms with E-state index in [1.54, 1.807) is 6.07 Å². The number of terminal acetylenes is 1. The number of halogens is 2. The van der Waals surface area contributed by atoms with Gasteiger partial charge in [0.25, 0.3) is 0 Å². The van der Waals surface area contributed by atoms with Gasteiger partial charge in [0.2, 0.25) is 0 Å². The Morgan fingerprint density at radius 3 is 2.92 bits per heavy atom. The van der Waals surface area contributed by atoms with E-state index in [1.807, 2.05) is 0 Å². The van der Waals surface area contributed by atoms with E-state index in [4.69, 9.17) is 18.0 Å². The first-order valence-electron chi connectivity index (χ1n) is 3.36. The normalized spacial score (nSPS) is 9.08. The highest BCUT2D eigenvalue weighted by molar-refractivity contribution is 6.30. The van der Waals surface area contributed by atoms with Crippen molar-refractivity contribution in [3.63, 3.8) is 0 Å². The fraction of sp³-hybridized carbons (Fsp3) is 0.111. The smallest absolute Gasteiger partial charge is 0.143 e. The molecule has 0 spiro atoms. The zero-order valence-corrected chi connectivity index (χ0v) is 7.03. The number of hydrogen-bond donors (Lipinski definition) is 1. The number of rotatable bonds is 2. The zero-order valence-electron chi connectivity index (χ0n) is 6.27. The first-order valence-corrected chi connectivity index (χ1v) is 3.74. The highest BCUT2D eigenvalue weighted by atomic mass is 35.5. The number of hydrogen-bond acceptors (Lipinski definition) is 1. The molecule has 0 unspecified atom stereocenters. The van der Waals surface area contributed by atoms with Gasteiger partial charge in [-0.15, -0.1) is 6.42 Å². The molecule has 0 aliphatic carbocycles. The van der Waals surface area contributed by atoms with E-state index >= 15 is 0 Å². The van der Waals surface area contributed by atoms with Crippen LogP contribution in [0, 0.1) is 18.2 Å². The molecule has 1 aromatic carbocycles. The lowest BCUT2D eigenvalue weighted by atomic mass is 10.3. The molecule has 0 saturated carbocycles. The van der Waals surface area contributed by atoms with Gasteiger partial charge in [-0.25, -0.2) is 4.39 Å². The summed E-state index contributed by atoms with van der Waals surface area (Å²) in [6.45, 7) is 0.376. The monoisotopic (exact) mass is 183 g/mol. The summed E-state index contributed by atoms with van der Waals surface area (Å²) in [7, 11) is 0. The van der Waals surface area contributed by atoms with Crippen molar-refractivity contribution in [2.75, 3.05) is 11.9 Å². The highest BCUT2D eigenvalue weighted by Crippen LogP contribution is 2.18. The molecular weight excluding hydrogens is 177 g/mol. The fourth-order valence-electron chi connectivity index (χ4n) is 0.759. The van der Waals surface area contributed by atoms with Gasteiger partial charge in [-0.05, 0) is 18.2 Å². The second kappa shape index (κ2) is 3.99. The minimum absolute atomic E-state index is 0.112. The van der Waals surface area contributed by atoms with Crippen LogP contribution in [0.1, 0.15) is 0 Å². The van der Waals surface area contributed by atoms with Crippen molar-refractivity contribution in [1.82, 2.24) is 0 Å². The van der Waals surface area contributed by atoms with Gasteiger partial charge in [-0.2, -0.15) is 0 Å². The molecule has 0 heterocycles. The predicted octanol–water partition coefficient (Wildman–Crippen LogP) is 2.52. The van der Waals surface area contributed by atoms with Gasteiger partial charge in [0, 0.05) is 5.69 Å². The number of benzene rings is 1. The molecule has 0 fully saturated rings. The Bertz CT molecular complexity index is 317. The predicted molar refractivity (Wildman–Crippen MR) is 48.7 cm³/mol. The maximum Gasteiger partial charge on any atom is 0.143 e. The SMILES string of the molecule is C#CCNc1ccc(Cl)c(F)c1. The van der Waals surface area contributed by atoms with Crippen LogP contribution in [0.2, 0.25) is 5.02 Å². The molecule has 1 aromatic rings. The van der Waals surface area contributed by atoms with E-state index in [9.17, 15) is 4.39 Å². The Balaban J connectivity index is 2.77. The first kappa shape index (κ1) is 8.89. The molecule has 0 aromatic heterocycles. The van der Waals surface area contributed by atoms with E-state index in [2.05, 4.69) is 11.2 Å². The minimum atomic E-state index is -0.446. The van der Waals surface area contributed by atoms with Crippen molar-refractivity contribution >= 4 is 17.3 Å². The van der Waals surface area contributed by atoms with Gasteiger partial charge in [0.1, 0.15) is 5.82 Å². The molecule has 62 valence electrons. The molecule has 0 saturated heterocycles. The van der Waals surface area contributed by atoms with Gasteiger partial charge in [0.05, 0.1) is 11.6 Å². The van der Waals surface area contributed by atoms with Crippen LogP contribution in [0.4, 0.5) is 10.1 Å². The molecule has 0 radical (unpaired) electrons. The Morgan fingerprint density at radius 2 is 2.33 bits per heavy atom. The van der Waals surface area contributed by atoms with Crippen molar-refractivity contribution in [2.45, 2.75) is 0 Å². The summed E-state index contributed by atoms with van der Waals surface area (Å²) in [5.74, 6) is 1.94. The van der Waals surface area contributed by atoms with E-state index < -0.39 is 5.82 Å². The van der Waals surface area contributed by atoms with E-state index in [0.29, 0.717) is 12.2 Å². The number of nitrogens with one attached hydrogen (secondary N) is 1. The standard InChI is InChI=1S/C9H7ClFN/c1-2-5-12-7-3-4-8(10)9(11)6-7/h1,3-4,6,12H,5H2. The largest absolute Gasteiger partial charge is 0.374 e. The molecule has 0 bridgehead atoms. The van der Waals surface area contributed by atoms with E-state index in [-0.39, 0.29) is 5.02 Å². The third-order valence-corrected chi connectivity index (χ3v) is 1.62. The molecule has 3 heteroatoms. The molecule has 0 aliphatic heterocycles. The molecule has 0 amide bonds. The van der Waals surface area contributed by atoms with Gasteiger partial charge in [0.15, 0.2) is 0 Å². The van der Waals surface area contributed by atoms with Gasteiger partial charge >= 0.3 is 0 Å². The third kappa shape index (κ3) is 2.14. The summed E-state index contributed by atoms with van der Waals surface area (Å²) in [6.07, 6.45) is 5.01. The van der Waals surface area contributed by atoms with Crippen LogP contribution in [0.15, 0.2) is 18.2 Å². The summed E-state index contributed by atoms with van der Waals surface area (Å²) in [5.41, 5.74) is 0.634. The summed E-state index contributed by atoms with van der Waals surface area (Å²) >= 11 is 5.47. The lowest BCUT2D eigenvalue weighted by molar-refractivity contribution is 0.629. The molecular formula is C9H7ClFN. The van der Waals surface area contributed by atoms with Crippen molar-refractivity contribution < 1.29 is 4.39 Å². The van der Waals surface area contributed by atoms with Crippen LogP contribution in [0.25, 0.3) is 0 Å². The zero-order chi connectivity index (χ0) is 8.97.